The summed E-state index contributed by atoms with van der Waals surface area (Å²) in [6.45, 7) is 2.05. The largest absolute Gasteiger partial charge is 0.497 e. The van der Waals surface area contributed by atoms with Crippen molar-refractivity contribution in [2.45, 2.75) is 57.4 Å². The van der Waals surface area contributed by atoms with Crippen molar-refractivity contribution in [1.29, 1.82) is 0 Å². The van der Waals surface area contributed by atoms with Gasteiger partial charge in [0, 0.05) is 36.8 Å². The Hall–Kier alpha value is -3.02. The molecule has 2 heterocycles. The van der Waals surface area contributed by atoms with Gasteiger partial charge in [-0.15, -0.1) is 0 Å². The zero-order chi connectivity index (χ0) is 21.8. The molecular formula is C25H31N3O3. The fourth-order valence-corrected chi connectivity index (χ4v) is 4.50. The van der Waals surface area contributed by atoms with E-state index in [1.807, 2.05) is 30.6 Å². The number of amides is 1. The molecule has 1 aliphatic carbocycles. The third-order valence-electron chi connectivity index (χ3n) is 6.19. The SMILES string of the molecule is COc1cc(OC)cc(C(CC(=O)NC2CCCCC2)c2cnc3cc(C)ccn23)c1. The van der Waals surface area contributed by atoms with E-state index in [0.717, 1.165) is 35.3 Å². The number of ether oxygens (including phenoxy) is 2. The highest BCUT2D eigenvalue weighted by Gasteiger charge is 2.25. The van der Waals surface area contributed by atoms with E-state index in [1.165, 1.54) is 19.3 Å². The molecule has 1 fully saturated rings. The summed E-state index contributed by atoms with van der Waals surface area (Å²) in [6.07, 6.45) is 10.0. The van der Waals surface area contributed by atoms with Crippen LogP contribution in [0.2, 0.25) is 0 Å². The van der Waals surface area contributed by atoms with Crippen LogP contribution in [0.3, 0.4) is 0 Å². The Morgan fingerprint density at radius 1 is 1.13 bits per heavy atom. The van der Waals surface area contributed by atoms with E-state index in [4.69, 9.17) is 9.47 Å². The summed E-state index contributed by atoms with van der Waals surface area (Å²) < 4.78 is 13.1. The van der Waals surface area contributed by atoms with Crippen LogP contribution in [0.15, 0.2) is 42.7 Å². The number of nitrogens with one attached hydrogen (secondary N) is 1. The summed E-state index contributed by atoms with van der Waals surface area (Å²) in [4.78, 5) is 17.7. The van der Waals surface area contributed by atoms with E-state index in [1.54, 1.807) is 14.2 Å². The summed E-state index contributed by atoms with van der Waals surface area (Å²) in [6, 6.07) is 10.2. The molecule has 0 saturated heterocycles. The van der Waals surface area contributed by atoms with Gasteiger partial charge in [-0.25, -0.2) is 4.98 Å². The van der Waals surface area contributed by atoms with Gasteiger partial charge in [0.05, 0.1) is 19.9 Å². The monoisotopic (exact) mass is 421 g/mol. The topological polar surface area (TPSA) is 64.9 Å². The third kappa shape index (κ3) is 4.84. The van der Waals surface area contributed by atoms with Crippen LogP contribution in [0.1, 0.15) is 61.3 Å². The molecule has 1 N–H and O–H groups in total. The Bertz CT molecular complexity index is 1030. The average molecular weight is 422 g/mol. The molecule has 1 atom stereocenters. The van der Waals surface area contributed by atoms with Crippen molar-refractivity contribution in [1.82, 2.24) is 14.7 Å². The molecule has 3 aromatic rings. The fraction of sp³-hybridized carbons (Fsp3) is 0.440. The minimum Gasteiger partial charge on any atom is -0.497 e. The summed E-state index contributed by atoms with van der Waals surface area (Å²) in [5, 5.41) is 3.26. The maximum absolute atomic E-state index is 13.1. The summed E-state index contributed by atoms with van der Waals surface area (Å²) in [7, 11) is 3.28. The lowest BCUT2D eigenvalue weighted by molar-refractivity contribution is -0.122. The van der Waals surface area contributed by atoms with E-state index in [0.29, 0.717) is 17.9 Å². The summed E-state index contributed by atoms with van der Waals surface area (Å²) in [5.41, 5.74) is 3.98. The Morgan fingerprint density at radius 3 is 2.52 bits per heavy atom. The Morgan fingerprint density at radius 2 is 1.84 bits per heavy atom. The maximum Gasteiger partial charge on any atom is 0.221 e. The van der Waals surface area contributed by atoms with Gasteiger partial charge in [0.25, 0.3) is 0 Å². The third-order valence-corrected chi connectivity index (χ3v) is 6.19. The second-order valence-electron chi connectivity index (χ2n) is 8.42. The van der Waals surface area contributed by atoms with E-state index in [9.17, 15) is 4.79 Å². The van der Waals surface area contributed by atoms with E-state index in [2.05, 4.69) is 33.8 Å². The molecule has 6 nitrogen and oxygen atoms in total. The first-order valence-corrected chi connectivity index (χ1v) is 11.0. The molecule has 1 aliphatic rings. The number of carbonyl (C=O) groups is 1. The van der Waals surface area contributed by atoms with Crippen LogP contribution in [0.4, 0.5) is 0 Å². The number of fused-ring (bicyclic) bond motifs is 1. The van der Waals surface area contributed by atoms with Crippen LogP contribution in [0.5, 0.6) is 11.5 Å². The van der Waals surface area contributed by atoms with E-state index in [-0.39, 0.29) is 17.9 Å². The predicted molar refractivity (Wildman–Crippen MR) is 121 cm³/mol. The molecule has 1 aromatic carbocycles. The second kappa shape index (κ2) is 9.41. The van der Waals surface area contributed by atoms with Crippen molar-refractivity contribution in [3.8, 4) is 11.5 Å². The zero-order valence-corrected chi connectivity index (χ0v) is 18.6. The van der Waals surface area contributed by atoms with Crippen LogP contribution in [-0.4, -0.2) is 35.6 Å². The van der Waals surface area contributed by atoms with Gasteiger partial charge in [0.1, 0.15) is 17.1 Å². The average Bonchev–Trinajstić information content (AvgIpc) is 3.20. The lowest BCUT2D eigenvalue weighted by atomic mass is 9.91. The van der Waals surface area contributed by atoms with Gasteiger partial charge < -0.3 is 19.2 Å². The van der Waals surface area contributed by atoms with Crippen LogP contribution in [-0.2, 0) is 4.79 Å². The van der Waals surface area contributed by atoms with Gasteiger partial charge in [-0.1, -0.05) is 19.3 Å². The second-order valence-corrected chi connectivity index (χ2v) is 8.42. The first-order chi connectivity index (χ1) is 15.1. The van der Waals surface area contributed by atoms with Gasteiger partial charge in [0.2, 0.25) is 5.91 Å². The number of carbonyl (C=O) groups excluding carboxylic acids is 1. The van der Waals surface area contributed by atoms with E-state index >= 15 is 0 Å². The van der Waals surface area contributed by atoms with Crippen LogP contribution in [0.25, 0.3) is 5.65 Å². The quantitative estimate of drug-likeness (QED) is 0.604. The van der Waals surface area contributed by atoms with Crippen molar-refractivity contribution in [2.75, 3.05) is 14.2 Å². The molecule has 164 valence electrons. The Labute approximate surface area is 183 Å². The molecular weight excluding hydrogens is 390 g/mol. The Balaban J connectivity index is 1.70. The molecule has 1 saturated carbocycles. The normalized spacial score (nSPS) is 15.6. The van der Waals surface area contributed by atoms with Crippen molar-refractivity contribution >= 4 is 11.6 Å². The van der Waals surface area contributed by atoms with Gasteiger partial charge >= 0.3 is 0 Å². The number of hydrogen-bond acceptors (Lipinski definition) is 4. The smallest absolute Gasteiger partial charge is 0.221 e. The Kier molecular flexibility index (Phi) is 6.44. The first-order valence-electron chi connectivity index (χ1n) is 11.0. The number of hydrogen-bond donors (Lipinski definition) is 1. The van der Waals surface area contributed by atoms with Crippen molar-refractivity contribution in [2.24, 2.45) is 0 Å². The minimum absolute atomic E-state index is 0.0701. The van der Waals surface area contributed by atoms with Gasteiger partial charge in [-0.05, 0) is 55.2 Å². The predicted octanol–water partition coefficient (Wildman–Crippen LogP) is 4.63. The molecule has 31 heavy (non-hydrogen) atoms. The molecule has 1 unspecified atom stereocenters. The number of benzene rings is 1. The van der Waals surface area contributed by atoms with Gasteiger partial charge in [-0.2, -0.15) is 0 Å². The minimum atomic E-state index is -0.176. The zero-order valence-electron chi connectivity index (χ0n) is 18.6. The van der Waals surface area contributed by atoms with Crippen molar-refractivity contribution < 1.29 is 14.3 Å². The molecule has 0 bridgehead atoms. The first kappa shape index (κ1) is 21.2. The number of nitrogens with zero attached hydrogens (tertiary/aromatic N) is 2. The van der Waals surface area contributed by atoms with Gasteiger partial charge in [0.15, 0.2) is 0 Å². The van der Waals surface area contributed by atoms with Crippen LogP contribution in [0, 0.1) is 6.92 Å². The van der Waals surface area contributed by atoms with Crippen LogP contribution < -0.4 is 14.8 Å². The highest BCUT2D eigenvalue weighted by molar-refractivity contribution is 5.78. The number of aryl methyl sites for hydroxylation is 1. The molecule has 0 aliphatic heterocycles. The number of imidazole rings is 1. The van der Waals surface area contributed by atoms with Gasteiger partial charge in [-0.3, -0.25) is 4.79 Å². The summed E-state index contributed by atoms with van der Waals surface area (Å²) >= 11 is 0. The van der Waals surface area contributed by atoms with Crippen molar-refractivity contribution in [3.63, 3.8) is 0 Å². The highest BCUT2D eigenvalue weighted by atomic mass is 16.5. The molecule has 4 rings (SSSR count). The number of aromatic nitrogens is 2. The lowest BCUT2D eigenvalue weighted by Crippen LogP contribution is -2.37. The number of rotatable bonds is 7. The lowest BCUT2D eigenvalue weighted by Gasteiger charge is -2.24. The highest BCUT2D eigenvalue weighted by Crippen LogP contribution is 2.34. The number of methoxy groups -OCH3 is 2. The molecule has 0 spiro atoms. The van der Waals surface area contributed by atoms with Crippen molar-refractivity contribution in [3.05, 3.63) is 59.5 Å². The standard InChI is InChI=1S/C25H31N3O3/c1-17-9-10-28-23(16-26-24(28)11-17)22(15-25(29)27-19-7-5-4-6-8-19)18-12-20(30-2)14-21(13-18)31-3/h9-14,16,19,22H,4-8,15H2,1-3H3,(H,27,29). The molecule has 0 radical (unpaired) electrons. The number of pyridine rings is 1. The molecule has 6 heteroatoms. The molecule has 2 aromatic heterocycles. The fourth-order valence-electron chi connectivity index (χ4n) is 4.50. The van der Waals surface area contributed by atoms with Crippen LogP contribution >= 0.6 is 0 Å². The summed E-state index contributed by atoms with van der Waals surface area (Å²) in [5.74, 6) is 1.31. The maximum atomic E-state index is 13.1. The van der Waals surface area contributed by atoms with E-state index < -0.39 is 0 Å². The molecule has 1 amide bonds.